The number of carbonyl (C=O) groups is 1. The van der Waals surface area contributed by atoms with Crippen LogP contribution in [0.2, 0.25) is 0 Å². The summed E-state index contributed by atoms with van der Waals surface area (Å²) >= 11 is 0. The first kappa shape index (κ1) is 16.4. The molecule has 6 heteroatoms. The van der Waals surface area contributed by atoms with Crippen molar-refractivity contribution in [1.82, 2.24) is 5.32 Å². The van der Waals surface area contributed by atoms with Gasteiger partial charge in [0.1, 0.15) is 5.75 Å². The van der Waals surface area contributed by atoms with Crippen molar-refractivity contribution in [2.24, 2.45) is 5.73 Å². The van der Waals surface area contributed by atoms with E-state index in [0.29, 0.717) is 13.0 Å². The summed E-state index contributed by atoms with van der Waals surface area (Å²) in [5, 5.41) is 2.16. The predicted octanol–water partition coefficient (Wildman–Crippen LogP) is 1.86. The number of ether oxygens (including phenoxy) is 1. The topological polar surface area (TPSA) is 64.3 Å². The third-order valence-electron chi connectivity index (χ3n) is 2.65. The van der Waals surface area contributed by atoms with Crippen LogP contribution < -0.4 is 15.8 Å². The quantitative estimate of drug-likeness (QED) is 0.717. The van der Waals surface area contributed by atoms with Crippen molar-refractivity contribution in [3.05, 3.63) is 29.8 Å². The first-order chi connectivity index (χ1) is 9.43. The number of hydrogen-bond donors (Lipinski definition) is 2. The summed E-state index contributed by atoms with van der Waals surface area (Å²) in [4.78, 5) is 11.3. The summed E-state index contributed by atoms with van der Waals surface area (Å²) in [6.07, 6.45) is 0.612. The lowest BCUT2D eigenvalue weighted by molar-refractivity contribution is -0.123. The normalized spacial score (nSPS) is 11.2. The fourth-order valence-corrected chi connectivity index (χ4v) is 1.52. The molecule has 0 fully saturated rings. The van der Waals surface area contributed by atoms with Crippen molar-refractivity contribution in [3.8, 4) is 5.75 Å². The highest BCUT2D eigenvalue weighted by Crippen LogP contribution is 2.13. The predicted molar refractivity (Wildman–Crippen MR) is 72.9 cm³/mol. The molecule has 0 saturated carbocycles. The molecule has 1 aromatic rings. The van der Waals surface area contributed by atoms with Crippen molar-refractivity contribution < 1.29 is 18.3 Å². The molecule has 0 aromatic heterocycles. The van der Waals surface area contributed by atoms with Crippen molar-refractivity contribution in [2.45, 2.75) is 25.7 Å². The van der Waals surface area contributed by atoms with E-state index < -0.39 is 24.9 Å². The molecule has 0 unspecified atom stereocenters. The highest BCUT2D eigenvalue weighted by molar-refractivity contribution is 5.75. The summed E-state index contributed by atoms with van der Waals surface area (Å²) in [5.74, 6) is -2.74. The second-order valence-corrected chi connectivity index (χ2v) is 4.61. The maximum Gasteiger partial charge on any atom is 0.277 e. The van der Waals surface area contributed by atoms with Crippen LogP contribution in [-0.2, 0) is 4.79 Å². The number of aryl methyl sites for hydroxylation is 1. The summed E-state index contributed by atoms with van der Waals surface area (Å²) < 4.78 is 31.0. The van der Waals surface area contributed by atoms with Crippen LogP contribution in [0.5, 0.6) is 5.75 Å². The summed E-state index contributed by atoms with van der Waals surface area (Å²) in [6, 6.07) is 7.56. The minimum atomic E-state index is -3.05. The van der Waals surface area contributed by atoms with Gasteiger partial charge in [0.15, 0.2) is 0 Å². The second-order valence-electron chi connectivity index (χ2n) is 4.61. The molecule has 0 atom stereocenters. The van der Waals surface area contributed by atoms with E-state index in [9.17, 15) is 13.6 Å². The number of benzene rings is 1. The van der Waals surface area contributed by atoms with Gasteiger partial charge in [0.2, 0.25) is 5.91 Å². The molecule has 0 aliphatic carbocycles. The van der Waals surface area contributed by atoms with E-state index in [4.69, 9.17) is 10.5 Å². The lowest BCUT2D eigenvalue weighted by Crippen LogP contribution is -2.41. The van der Waals surface area contributed by atoms with Gasteiger partial charge < -0.3 is 15.8 Å². The van der Waals surface area contributed by atoms with E-state index in [-0.39, 0.29) is 6.42 Å². The van der Waals surface area contributed by atoms with Crippen molar-refractivity contribution >= 4 is 5.91 Å². The lowest BCUT2D eigenvalue weighted by atomic mass is 10.2. The molecule has 1 rings (SSSR count). The molecule has 4 nitrogen and oxygen atoms in total. The van der Waals surface area contributed by atoms with Gasteiger partial charge in [0.25, 0.3) is 5.92 Å². The first-order valence-corrected chi connectivity index (χ1v) is 6.47. The molecular formula is C14H20F2N2O2. The van der Waals surface area contributed by atoms with Crippen LogP contribution in [-0.4, -0.2) is 31.5 Å². The third-order valence-corrected chi connectivity index (χ3v) is 2.65. The summed E-state index contributed by atoms with van der Waals surface area (Å²) in [6.45, 7) is 0.826. The lowest BCUT2D eigenvalue weighted by Gasteiger charge is -2.14. The average molecular weight is 286 g/mol. The van der Waals surface area contributed by atoms with Crippen molar-refractivity contribution in [1.29, 1.82) is 0 Å². The van der Waals surface area contributed by atoms with Crippen LogP contribution in [0.3, 0.4) is 0 Å². The Balaban J connectivity index is 2.16. The van der Waals surface area contributed by atoms with E-state index in [1.165, 1.54) is 0 Å². The molecule has 1 aromatic carbocycles. The van der Waals surface area contributed by atoms with Gasteiger partial charge in [0.05, 0.1) is 19.7 Å². The Morgan fingerprint density at radius 3 is 2.85 bits per heavy atom. The van der Waals surface area contributed by atoms with Gasteiger partial charge in [-0.1, -0.05) is 12.1 Å². The Labute approximate surface area is 117 Å². The number of carbonyl (C=O) groups excluding carboxylic acids is 1. The summed E-state index contributed by atoms with van der Waals surface area (Å²) in [5.41, 5.74) is 5.96. The molecule has 0 spiro atoms. The Kier molecular flexibility index (Phi) is 6.38. The maximum absolute atomic E-state index is 12.8. The van der Waals surface area contributed by atoms with Crippen molar-refractivity contribution in [2.75, 3.05) is 19.7 Å². The Bertz CT molecular complexity index is 439. The Morgan fingerprint density at radius 1 is 1.45 bits per heavy atom. The number of alkyl halides is 2. The average Bonchev–Trinajstić information content (AvgIpc) is 2.42. The highest BCUT2D eigenvalue weighted by Gasteiger charge is 2.26. The van der Waals surface area contributed by atoms with E-state index >= 15 is 0 Å². The standard InChI is InChI=1S/C14H20F2N2O2/c1-11-4-2-5-12(8-11)20-7-3-6-13(19)18-10-14(15,16)9-17/h2,4-5,8H,3,6-7,9-10,17H2,1H3,(H,18,19). The Hall–Kier alpha value is -1.69. The molecule has 0 saturated heterocycles. The number of amides is 1. The number of halogens is 2. The van der Waals surface area contributed by atoms with Crippen LogP contribution in [0.4, 0.5) is 8.78 Å². The minimum Gasteiger partial charge on any atom is -0.494 e. The summed E-state index contributed by atoms with van der Waals surface area (Å²) in [7, 11) is 0. The fourth-order valence-electron chi connectivity index (χ4n) is 1.52. The maximum atomic E-state index is 12.8. The molecule has 112 valence electrons. The molecule has 20 heavy (non-hydrogen) atoms. The van der Waals surface area contributed by atoms with Gasteiger partial charge in [-0.2, -0.15) is 0 Å². The van der Waals surface area contributed by atoms with Crippen LogP contribution in [0.15, 0.2) is 24.3 Å². The van der Waals surface area contributed by atoms with E-state index in [1.807, 2.05) is 31.2 Å². The molecule has 0 radical (unpaired) electrons. The van der Waals surface area contributed by atoms with Gasteiger partial charge >= 0.3 is 0 Å². The van der Waals surface area contributed by atoms with Gasteiger partial charge in [-0.05, 0) is 31.0 Å². The van der Waals surface area contributed by atoms with E-state index in [1.54, 1.807) is 0 Å². The number of hydrogen-bond acceptors (Lipinski definition) is 3. The highest BCUT2D eigenvalue weighted by atomic mass is 19.3. The first-order valence-electron chi connectivity index (χ1n) is 6.47. The van der Waals surface area contributed by atoms with E-state index in [2.05, 4.69) is 5.32 Å². The monoisotopic (exact) mass is 286 g/mol. The Morgan fingerprint density at radius 2 is 2.20 bits per heavy atom. The van der Waals surface area contributed by atoms with Gasteiger partial charge in [-0.25, -0.2) is 8.78 Å². The SMILES string of the molecule is Cc1cccc(OCCCC(=O)NCC(F)(F)CN)c1. The molecule has 0 aliphatic rings. The number of nitrogens with one attached hydrogen (secondary N) is 1. The van der Waals surface area contributed by atoms with Crippen LogP contribution in [0, 0.1) is 6.92 Å². The second kappa shape index (κ2) is 7.79. The molecule has 0 heterocycles. The van der Waals surface area contributed by atoms with E-state index in [0.717, 1.165) is 11.3 Å². The molecule has 3 N–H and O–H groups in total. The molecule has 1 amide bonds. The molecule has 0 aliphatic heterocycles. The van der Waals surface area contributed by atoms with Crippen molar-refractivity contribution in [3.63, 3.8) is 0 Å². The molecule has 0 bridgehead atoms. The van der Waals surface area contributed by atoms with Crippen LogP contribution >= 0.6 is 0 Å². The van der Waals surface area contributed by atoms with Gasteiger partial charge in [-0.3, -0.25) is 4.79 Å². The zero-order valence-corrected chi connectivity index (χ0v) is 11.5. The zero-order chi connectivity index (χ0) is 15.0. The van der Waals surface area contributed by atoms with Gasteiger partial charge in [-0.15, -0.1) is 0 Å². The number of nitrogens with two attached hydrogens (primary N) is 1. The molecular weight excluding hydrogens is 266 g/mol. The smallest absolute Gasteiger partial charge is 0.277 e. The van der Waals surface area contributed by atoms with Gasteiger partial charge in [0, 0.05) is 6.42 Å². The zero-order valence-electron chi connectivity index (χ0n) is 11.5. The largest absolute Gasteiger partial charge is 0.494 e. The fraction of sp³-hybridized carbons (Fsp3) is 0.500. The third kappa shape index (κ3) is 6.47. The van der Waals surface area contributed by atoms with Crippen LogP contribution in [0.1, 0.15) is 18.4 Å². The number of rotatable bonds is 8. The minimum absolute atomic E-state index is 0.145. The van der Waals surface area contributed by atoms with Crippen LogP contribution in [0.25, 0.3) is 0 Å².